The normalized spacial score (nSPS) is 14.1. The van der Waals surface area contributed by atoms with Gasteiger partial charge in [0.2, 0.25) is 0 Å². The number of nitrogens with one attached hydrogen (secondary N) is 1. The predicted octanol–water partition coefficient (Wildman–Crippen LogP) is 2.94. The maximum atomic E-state index is 12.7. The Hall–Kier alpha value is -3.73. The zero-order chi connectivity index (χ0) is 22.5. The molecule has 4 rings (SSSR count). The fourth-order valence-corrected chi connectivity index (χ4v) is 4.15. The van der Waals surface area contributed by atoms with Gasteiger partial charge in [0.05, 0.1) is 18.4 Å². The number of rotatable bonds is 7. The highest BCUT2D eigenvalue weighted by atomic mass is 32.1. The number of amides is 1. The number of methoxy groups -OCH3 is 1. The van der Waals surface area contributed by atoms with Crippen LogP contribution in [-0.4, -0.2) is 58.2 Å². The molecule has 0 radical (unpaired) electrons. The molecule has 3 aromatic rings. The number of carboxylic acid groups (broad SMARTS) is 1. The Morgan fingerprint density at radius 3 is 2.66 bits per heavy atom. The van der Waals surface area contributed by atoms with Gasteiger partial charge >= 0.3 is 12.0 Å². The van der Waals surface area contributed by atoms with Crippen LogP contribution in [-0.2, 0) is 0 Å². The lowest BCUT2D eigenvalue weighted by atomic mass is 10.1. The van der Waals surface area contributed by atoms with Crippen LogP contribution >= 0.6 is 11.3 Å². The van der Waals surface area contributed by atoms with E-state index in [0.29, 0.717) is 11.7 Å². The number of ether oxygens (including phenoxy) is 2. The van der Waals surface area contributed by atoms with Crippen LogP contribution in [0, 0.1) is 0 Å². The molecule has 0 spiro atoms. The second kappa shape index (κ2) is 9.60. The van der Waals surface area contributed by atoms with Crippen molar-refractivity contribution in [2.75, 3.05) is 30.4 Å². The van der Waals surface area contributed by atoms with E-state index in [2.05, 4.69) is 25.2 Å². The number of carbonyl (C=O) groups excluding carboxylic acids is 1. The van der Waals surface area contributed by atoms with Crippen molar-refractivity contribution in [2.24, 2.45) is 0 Å². The molecule has 0 bridgehead atoms. The van der Waals surface area contributed by atoms with E-state index < -0.39 is 11.9 Å². The minimum atomic E-state index is -1.07. The molecule has 32 heavy (non-hydrogen) atoms. The number of aromatic nitrogens is 3. The van der Waals surface area contributed by atoms with Crippen LogP contribution in [0.1, 0.15) is 33.7 Å². The molecule has 1 amide bonds. The Bertz CT molecular complexity index is 1100. The summed E-state index contributed by atoms with van der Waals surface area (Å²) in [4.78, 5) is 38.6. The van der Waals surface area contributed by atoms with Gasteiger partial charge in [0.25, 0.3) is 5.91 Å². The smallest absolute Gasteiger partial charge is 0.335 e. The first-order valence-electron chi connectivity index (χ1n) is 9.90. The topological polar surface area (TPSA) is 127 Å². The van der Waals surface area contributed by atoms with Gasteiger partial charge in [0.15, 0.2) is 5.13 Å². The lowest BCUT2D eigenvalue weighted by molar-refractivity contribution is 0.0696. The van der Waals surface area contributed by atoms with Crippen molar-refractivity contribution in [3.63, 3.8) is 0 Å². The minimum Gasteiger partial charge on any atom is -0.495 e. The van der Waals surface area contributed by atoms with Crippen LogP contribution in [0.3, 0.4) is 0 Å². The summed E-state index contributed by atoms with van der Waals surface area (Å²) in [6.07, 6.45) is 4.93. The molecule has 1 aliphatic heterocycles. The molecule has 1 saturated heterocycles. The number of piperidine rings is 1. The van der Waals surface area contributed by atoms with Crippen LogP contribution in [0.25, 0.3) is 0 Å². The Morgan fingerprint density at radius 1 is 1.22 bits per heavy atom. The molecule has 11 heteroatoms. The summed E-state index contributed by atoms with van der Waals surface area (Å²) in [5, 5.41) is 14.3. The summed E-state index contributed by atoms with van der Waals surface area (Å²) in [5.74, 6) is -1.21. The minimum absolute atomic E-state index is 0.0395. The van der Waals surface area contributed by atoms with Gasteiger partial charge in [-0.2, -0.15) is 0 Å². The molecular weight excluding hydrogens is 434 g/mol. The van der Waals surface area contributed by atoms with E-state index >= 15 is 0 Å². The van der Waals surface area contributed by atoms with Crippen molar-refractivity contribution < 1.29 is 24.2 Å². The third-order valence-electron chi connectivity index (χ3n) is 4.95. The average molecular weight is 455 g/mol. The first-order chi connectivity index (χ1) is 15.5. The Balaban J connectivity index is 1.36. The molecule has 0 aliphatic carbocycles. The van der Waals surface area contributed by atoms with E-state index in [1.807, 2.05) is 0 Å². The van der Waals surface area contributed by atoms with Crippen molar-refractivity contribution in [3.8, 4) is 11.8 Å². The largest absolute Gasteiger partial charge is 0.495 e. The molecule has 166 valence electrons. The third-order valence-corrected chi connectivity index (χ3v) is 5.85. The van der Waals surface area contributed by atoms with Crippen LogP contribution in [0.2, 0.25) is 0 Å². The zero-order valence-corrected chi connectivity index (χ0v) is 18.0. The first-order valence-corrected chi connectivity index (χ1v) is 10.8. The van der Waals surface area contributed by atoms with E-state index in [-0.39, 0.29) is 23.1 Å². The lowest BCUT2D eigenvalue weighted by Crippen LogP contribution is -2.38. The maximum absolute atomic E-state index is 12.7. The van der Waals surface area contributed by atoms with Crippen LogP contribution in [0.5, 0.6) is 11.8 Å². The molecule has 2 N–H and O–H groups in total. The molecule has 0 atom stereocenters. The number of thiazole rings is 1. The lowest BCUT2D eigenvalue weighted by Gasteiger charge is -2.31. The summed E-state index contributed by atoms with van der Waals surface area (Å²) in [5.41, 5.74) is 0.727. The SMILES string of the molecule is COc1cc(C(=O)O)ccc1NC(=O)c1csc(N2CCC(Oc3ncccn3)CC2)n1. The fraction of sp³-hybridized carbons (Fsp3) is 0.286. The Kier molecular flexibility index (Phi) is 6.45. The molecule has 10 nitrogen and oxygen atoms in total. The molecule has 0 unspecified atom stereocenters. The molecule has 1 aliphatic rings. The Morgan fingerprint density at radius 2 is 1.97 bits per heavy atom. The molecule has 1 aromatic carbocycles. The van der Waals surface area contributed by atoms with Crippen molar-refractivity contribution in [3.05, 3.63) is 53.3 Å². The van der Waals surface area contributed by atoms with Gasteiger partial charge in [-0.05, 0) is 24.3 Å². The quantitative estimate of drug-likeness (QED) is 0.553. The number of aromatic carboxylic acids is 1. The second-order valence-electron chi connectivity index (χ2n) is 7.03. The van der Waals surface area contributed by atoms with E-state index in [4.69, 9.17) is 14.6 Å². The van der Waals surface area contributed by atoms with Gasteiger partial charge in [0.1, 0.15) is 17.5 Å². The van der Waals surface area contributed by atoms with Gasteiger partial charge in [-0.15, -0.1) is 11.3 Å². The van der Waals surface area contributed by atoms with Gasteiger partial charge in [-0.1, -0.05) is 0 Å². The fourth-order valence-electron chi connectivity index (χ4n) is 3.29. The number of carboxylic acids is 1. The standard InChI is InChI=1S/C21H21N5O5S/c1-30-17-11-13(19(28)29)3-4-15(17)24-18(27)16-12-32-21(25-16)26-9-5-14(6-10-26)31-20-22-7-2-8-23-20/h2-4,7-8,11-12,14H,5-6,9-10H2,1H3,(H,24,27)(H,28,29). The number of nitrogens with zero attached hydrogens (tertiary/aromatic N) is 4. The van der Waals surface area contributed by atoms with E-state index in [1.165, 1.54) is 36.6 Å². The molecule has 0 saturated carbocycles. The van der Waals surface area contributed by atoms with Gasteiger partial charge in [-0.25, -0.2) is 19.7 Å². The van der Waals surface area contributed by atoms with Gasteiger partial charge in [-0.3, -0.25) is 4.79 Å². The summed E-state index contributed by atoms with van der Waals surface area (Å²) < 4.78 is 11.0. The maximum Gasteiger partial charge on any atom is 0.335 e. The van der Waals surface area contributed by atoms with Crippen molar-refractivity contribution in [1.82, 2.24) is 15.0 Å². The number of carbonyl (C=O) groups is 2. The number of anilines is 2. The van der Waals surface area contributed by atoms with Crippen molar-refractivity contribution >= 4 is 34.0 Å². The van der Waals surface area contributed by atoms with Gasteiger partial charge < -0.3 is 24.8 Å². The van der Waals surface area contributed by atoms with E-state index in [9.17, 15) is 9.59 Å². The Labute approximate surface area is 187 Å². The first kappa shape index (κ1) is 21.5. The van der Waals surface area contributed by atoms with E-state index in [0.717, 1.165) is 31.1 Å². The van der Waals surface area contributed by atoms with Gasteiger partial charge in [0, 0.05) is 43.7 Å². The second-order valence-corrected chi connectivity index (χ2v) is 7.86. The molecule has 3 heterocycles. The molecule has 2 aromatic heterocycles. The summed E-state index contributed by atoms with van der Waals surface area (Å²) in [6, 6.07) is 6.38. The number of hydrogen-bond donors (Lipinski definition) is 2. The number of benzene rings is 1. The zero-order valence-electron chi connectivity index (χ0n) is 17.2. The van der Waals surface area contributed by atoms with Crippen molar-refractivity contribution in [1.29, 1.82) is 0 Å². The summed E-state index contributed by atoms with van der Waals surface area (Å²) >= 11 is 1.40. The van der Waals surface area contributed by atoms with Crippen LogP contribution in [0.15, 0.2) is 42.0 Å². The van der Waals surface area contributed by atoms with Crippen LogP contribution < -0.4 is 19.7 Å². The average Bonchev–Trinajstić information content (AvgIpc) is 3.31. The highest BCUT2D eigenvalue weighted by Crippen LogP contribution is 2.28. The molecule has 1 fully saturated rings. The summed E-state index contributed by atoms with van der Waals surface area (Å²) in [6.45, 7) is 1.49. The highest BCUT2D eigenvalue weighted by Gasteiger charge is 2.24. The third kappa shape index (κ3) is 4.94. The highest BCUT2D eigenvalue weighted by molar-refractivity contribution is 7.14. The van der Waals surface area contributed by atoms with Crippen LogP contribution in [0.4, 0.5) is 10.8 Å². The molecular formula is C21H21N5O5S. The van der Waals surface area contributed by atoms with Crippen molar-refractivity contribution in [2.45, 2.75) is 18.9 Å². The van der Waals surface area contributed by atoms with E-state index in [1.54, 1.807) is 23.8 Å². The monoisotopic (exact) mass is 455 g/mol. The predicted molar refractivity (Wildman–Crippen MR) is 118 cm³/mol. The summed E-state index contributed by atoms with van der Waals surface area (Å²) in [7, 11) is 1.41. The number of hydrogen-bond acceptors (Lipinski definition) is 9.